The van der Waals surface area contributed by atoms with E-state index in [1.165, 1.54) is 6.92 Å². The van der Waals surface area contributed by atoms with Crippen LogP contribution in [0.5, 0.6) is 0 Å². The summed E-state index contributed by atoms with van der Waals surface area (Å²) >= 11 is 0. The molecule has 2 amide bonds. The molecule has 2 aromatic rings. The Bertz CT molecular complexity index is 723. The quantitative estimate of drug-likeness (QED) is 0.835. The van der Waals surface area contributed by atoms with Gasteiger partial charge in [0.1, 0.15) is 6.04 Å². The minimum absolute atomic E-state index is 0.125. The molecule has 1 aliphatic carbocycles. The zero-order valence-corrected chi connectivity index (χ0v) is 14.3. The zero-order chi connectivity index (χ0) is 17.6. The molecule has 1 saturated carbocycles. The van der Waals surface area contributed by atoms with Gasteiger partial charge in [0.05, 0.1) is 0 Å². The second-order valence-electron chi connectivity index (χ2n) is 6.41. The molecule has 25 heavy (non-hydrogen) atoms. The lowest BCUT2D eigenvalue weighted by Crippen LogP contribution is -2.49. The van der Waals surface area contributed by atoms with Gasteiger partial charge in [-0.1, -0.05) is 12.8 Å². The summed E-state index contributed by atoms with van der Waals surface area (Å²) in [6.07, 6.45) is 9.40. The fourth-order valence-electron chi connectivity index (χ4n) is 3.31. The van der Waals surface area contributed by atoms with E-state index in [4.69, 9.17) is 0 Å². The Kier molecular flexibility index (Phi) is 5.42. The van der Waals surface area contributed by atoms with Crippen molar-refractivity contribution in [2.75, 3.05) is 0 Å². The molecular weight excluding hydrogens is 318 g/mol. The van der Waals surface area contributed by atoms with E-state index in [0.29, 0.717) is 12.4 Å². The lowest BCUT2D eigenvalue weighted by molar-refractivity contribution is -0.129. The molecule has 1 unspecified atom stereocenters. The molecule has 2 N–H and O–H groups in total. The summed E-state index contributed by atoms with van der Waals surface area (Å²) in [5, 5.41) is 9.91. The lowest BCUT2D eigenvalue weighted by atomic mass is 9.97. The van der Waals surface area contributed by atoms with Crippen LogP contribution in [0.3, 0.4) is 0 Å². The Labute approximate surface area is 146 Å². The third-order valence-corrected chi connectivity index (χ3v) is 4.53. The second kappa shape index (κ2) is 7.92. The van der Waals surface area contributed by atoms with Gasteiger partial charge in [0.25, 0.3) is 0 Å². The first-order valence-electron chi connectivity index (χ1n) is 8.63. The summed E-state index contributed by atoms with van der Waals surface area (Å²) in [5.74, 6) is 0.628. The van der Waals surface area contributed by atoms with Gasteiger partial charge in [-0.05, 0) is 42.5 Å². The minimum atomic E-state index is -0.451. The molecule has 0 bridgehead atoms. The van der Waals surface area contributed by atoms with Crippen molar-refractivity contribution in [2.45, 2.75) is 45.2 Å². The van der Waals surface area contributed by atoms with Gasteiger partial charge in [0.15, 0.2) is 5.82 Å². The van der Waals surface area contributed by atoms with Gasteiger partial charge in [-0.15, -0.1) is 0 Å². The average molecular weight is 341 g/mol. The van der Waals surface area contributed by atoms with E-state index in [2.05, 4.69) is 20.7 Å². The highest BCUT2D eigenvalue weighted by atomic mass is 16.2. The van der Waals surface area contributed by atoms with Crippen LogP contribution in [0.2, 0.25) is 0 Å². The van der Waals surface area contributed by atoms with Crippen LogP contribution in [0.15, 0.2) is 36.8 Å². The summed E-state index contributed by atoms with van der Waals surface area (Å²) in [6, 6.07) is 5.12. The number of carbonyl (C=O) groups is 2. The molecule has 1 aliphatic rings. The minimum Gasteiger partial charge on any atom is -0.350 e. The number of nitrogens with zero attached hydrogens (tertiary/aromatic N) is 3. The normalized spacial score (nSPS) is 15.7. The number of hydrogen-bond donors (Lipinski definition) is 2. The number of nitrogens with one attached hydrogen (secondary N) is 2. The number of carbonyl (C=O) groups excluding carboxylic acids is 2. The fourth-order valence-corrected chi connectivity index (χ4v) is 3.31. The van der Waals surface area contributed by atoms with Gasteiger partial charge in [0, 0.05) is 32.1 Å². The molecule has 3 rings (SSSR count). The molecule has 0 radical (unpaired) electrons. The van der Waals surface area contributed by atoms with Crippen molar-refractivity contribution in [1.29, 1.82) is 0 Å². The van der Waals surface area contributed by atoms with E-state index < -0.39 is 6.04 Å². The zero-order valence-electron chi connectivity index (χ0n) is 14.3. The van der Waals surface area contributed by atoms with Crippen LogP contribution in [0.25, 0.3) is 5.82 Å². The standard InChI is InChI=1S/C18H23N5O2/c1-13(24)22-17(15-5-2-3-6-15)18(25)20-12-14-7-9-19-16(11-14)23-10-4-8-21-23/h4,7-11,15,17H,2-3,5-6,12H2,1H3,(H,20,25)(H,22,24). The van der Waals surface area contributed by atoms with Crippen LogP contribution >= 0.6 is 0 Å². The number of hydrogen-bond acceptors (Lipinski definition) is 4. The first-order chi connectivity index (χ1) is 12.1. The molecule has 0 aromatic carbocycles. The maximum Gasteiger partial charge on any atom is 0.243 e. The lowest BCUT2D eigenvalue weighted by Gasteiger charge is -2.23. The molecule has 0 spiro atoms. The van der Waals surface area contributed by atoms with Gasteiger partial charge in [-0.25, -0.2) is 9.67 Å². The van der Waals surface area contributed by atoms with E-state index in [9.17, 15) is 9.59 Å². The van der Waals surface area contributed by atoms with Gasteiger partial charge < -0.3 is 10.6 Å². The highest BCUT2D eigenvalue weighted by molar-refractivity contribution is 5.87. The summed E-state index contributed by atoms with van der Waals surface area (Å²) in [7, 11) is 0. The van der Waals surface area contributed by atoms with Crippen LogP contribution in [-0.2, 0) is 16.1 Å². The van der Waals surface area contributed by atoms with Crippen molar-refractivity contribution in [1.82, 2.24) is 25.4 Å². The first kappa shape index (κ1) is 17.1. The molecule has 0 saturated heterocycles. The smallest absolute Gasteiger partial charge is 0.243 e. The fraction of sp³-hybridized carbons (Fsp3) is 0.444. The number of aromatic nitrogens is 3. The molecular formula is C18H23N5O2. The maximum atomic E-state index is 12.6. The van der Waals surface area contributed by atoms with Crippen LogP contribution in [0.1, 0.15) is 38.2 Å². The molecule has 2 aromatic heterocycles. The van der Waals surface area contributed by atoms with E-state index in [-0.39, 0.29) is 17.7 Å². The van der Waals surface area contributed by atoms with E-state index in [1.54, 1.807) is 17.1 Å². The van der Waals surface area contributed by atoms with Crippen LogP contribution in [0.4, 0.5) is 0 Å². The number of amides is 2. The van der Waals surface area contributed by atoms with Crippen molar-refractivity contribution in [2.24, 2.45) is 5.92 Å². The van der Waals surface area contributed by atoms with Gasteiger partial charge >= 0.3 is 0 Å². The highest BCUT2D eigenvalue weighted by Gasteiger charge is 2.31. The molecule has 0 aliphatic heterocycles. The Morgan fingerprint density at radius 2 is 2.12 bits per heavy atom. The van der Waals surface area contributed by atoms with Crippen molar-refractivity contribution < 1.29 is 9.59 Å². The molecule has 1 atom stereocenters. The number of rotatable bonds is 6. The maximum absolute atomic E-state index is 12.6. The first-order valence-corrected chi connectivity index (χ1v) is 8.63. The van der Waals surface area contributed by atoms with E-state index in [1.807, 2.05) is 24.4 Å². The van der Waals surface area contributed by atoms with Crippen LogP contribution < -0.4 is 10.6 Å². The summed E-state index contributed by atoms with van der Waals surface area (Å²) in [4.78, 5) is 28.3. The highest BCUT2D eigenvalue weighted by Crippen LogP contribution is 2.28. The predicted molar refractivity (Wildman–Crippen MR) is 92.8 cm³/mol. The van der Waals surface area contributed by atoms with E-state index >= 15 is 0 Å². The van der Waals surface area contributed by atoms with Gasteiger partial charge in [-0.3, -0.25) is 9.59 Å². The molecule has 2 heterocycles. The summed E-state index contributed by atoms with van der Waals surface area (Å²) in [5.41, 5.74) is 0.932. The largest absolute Gasteiger partial charge is 0.350 e. The molecule has 132 valence electrons. The average Bonchev–Trinajstić information content (AvgIpc) is 3.31. The second-order valence-corrected chi connectivity index (χ2v) is 6.41. The summed E-state index contributed by atoms with van der Waals surface area (Å²) in [6.45, 7) is 1.84. The molecule has 7 nitrogen and oxygen atoms in total. The Morgan fingerprint density at radius 3 is 2.80 bits per heavy atom. The molecule has 1 fully saturated rings. The topological polar surface area (TPSA) is 88.9 Å². The Hall–Kier alpha value is -2.70. The van der Waals surface area contributed by atoms with Crippen molar-refractivity contribution in [3.05, 3.63) is 42.4 Å². The molecule has 7 heteroatoms. The predicted octanol–water partition coefficient (Wildman–Crippen LogP) is 1.58. The van der Waals surface area contributed by atoms with Crippen molar-refractivity contribution in [3.63, 3.8) is 0 Å². The van der Waals surface area contributed by atoms with Gasteiger partial charge in [0.2, 0.25) is 11.8 Å². The van der Waals surface area contributed by atoms with Crippen molar-refractivity contribution in [3.8, 4) is 5.82 Å². The van der Waals surface area contributed by atoms with Crippen LogP contribution in [-0.4, -0.2) is 32.6 Å². The van der Waals surface area contributed by atoms with Crippen LogP contribution in [0, 0.1) is 5.92 Å². The van der Waals surface area contributed by atoms with E-state index in [0.717, 1.165) is 31.2 Å². The Morgan fingerprint density at radius 1 is 1.32 bits per heavy atom. The SMILES string of the molecule is CC(=O)NC(C(=O)NCc1ccnc(-n2cccn2)c1)C1CCCC1. The summed E-state index contributed by atoms with van der Waals surface area (Å²) < 4.78 is 1.67. The number of pyridine rings is 1. The monoisotopic (exact) mass is 341 g/mol. The third-order valence-electron chi connectivity index (χ3n) is 4.53. The Balaban J connectivity index is 1.64. The third kappa shape index (κ3) is 4.43. The van der Waals surface area contributed by atoms with Crippen molar-refractivity contribution >= 4 is 11.8 Å². The van der Waals surface area contributed by atoms with Gasteiger partial charge in [-0.2, -0.15) is 5.10 Å².